The van der Waals surface area contributed by atoms with E-state index in [1.54, 1.807) is 0 Å². The number of nitrogens with zero attached hydrogens (tertiary/aromatic N) is 4. The molecule has 7 unspecified atom stereocenters. The Bertz CT molecular complexity index is 2420. The minimum atomic E-state index is -5.58. The van der Waals surface area contributed by atoms with Crippen LogP contribution in [0, 0.1) is 19.3 Å². The Balaban J connectivity index is 1.03. The summed E-state index contributed by atoms with van der Waals surface area (Å²) < 4.78 is 68.8. The number of nitrogen functional groups attached to an aromatic ring is 1. The highest BCUT2D eigenvalue weighted by atomic mass is 32.2. The molecule has 1 fully saturated rings. The van der Waals surface area contributed by atoms with Gasteiger partial charge < -0.3 is 55.3 Å². The van der Waals surface area contributed by atoms with E-state index in [2.05, 4.69) is 55.2 Å². The summed E-state index contributed by atoms with van der Waals surface area (Å²) >= 11 is 1.15. The van der Waals surface area contributed by atoms with Crippen LogP contribution in [0.25, 0.3) is 11.2 Å². The van der Waals surface area contributed by atoms with Crippen molar-refractivity contribution in [2.45, 2.75) is 174 Å². The van der Waals surface area contributed by atoms with Crippen molar-refractivity contribution in [1.82, 2.24) is 30.2 Å². The number of aromatic nitrogens is 4. The van der Waals surface area contributed by atoms with Crippen LogP contribution in [0.1, 0.15) is 146 Å². The molecule has 0 spiro atoms. The van der Waals surface area contributed by atoms with Crippen LogP contribution in [0.3, 0.4) is 0 Å². The number of amides is 2. The summed E-state index contributed by atoms with van der Waals surface area (Å²) in [5.74, 6) is 1.29. The van der Waals surface area contributed by atoms with Crippen LogP contribution in [0.4, 0.5) is 5.82 Å². The van der Waals surface area contributed by atoms with E-state index in [4.69, 9.17) is 23.9 Å². The molecule has 0 saturated carbocycles. The molecule has 1 aliphatic heterocycles. The van der Waals surface area contributed by atoms with Gasteiger partial charge in [0.25, 0.3) is 0 Å². The number of thioether (sulfide) groups is 1. The number of rotatable bonds is 36. The van der Waals surface area contributed by atoms with E-state index in [0.717, 1.165) is 79.7 Å². The van der Waals surface area contributed by atoms with Crippen molar-refractivity contribution in [2.75, 3.05) is 37.8 Å². The number of fused-ring (bicyclic) bond motifs is 1. The summed E-state index contributed by atoms with van der Waals surface area (Å²) in [5.41, 5.74) is 6.94. The molecule has 0 bridgehead atoms. The highest BCUT2D eigenvalue weighted by molar-refractivity contribution is 8.13. The quantitative estimate of drug-likeness (QED) is 0.0233. The second-order valence-corrected chi connectivity index (χ2v) is 24.4. The predicted octanol–water partition coefficient (Wildman–Crippen LogP) is 6.14. The maximum Gasteiger partial charge on any atom is 0.481 e. The molecule has 7 atom stereocenters. The summed E-state index contributed by atoms with van der Waals surface area (Å²) in [6.45, 7) is 7.14. The third-order valence-corrected chi connectivity index (χ3v) is 16.5. The van der Waals surface area contributed by atoms with Crippen molar-refractivity contribution < 1.29 is 84.9 Å². The fourth-order valence-electron chi connectivity index (χ4n) is 8.07. The Morgan fingerprint density at radius 3 is 2.05 bits per heavy atom. The second-order valence-electron chi connectivity index (χ2n) is 19.0. The van der Waals surface area contributed by atoms with Crippen LogP contribution >= 0.6 is 35.2 Å². The molecule has 4 heterocycles. The number of furan rings is 1. The highest BCUT2D eigenvalue weighted by Crippen LogP contribution is 2.61. The number of phosphoric ester groups is 3. The molecule has 3 aromatic rings. The number of phosphoric acid groups is 3. The summed E-state index contributed by atoms with van der Waals surface area (Å²) in [5, 5.41) is 26.7. The molecule has 0 radical (unpaired) electrons. The molecule has 29 heteroatoms. The average Bonchev–Trinajstić information content (AvgIpc) is 3.98. The average molecular weight is 1130 g/mol. The molecule has 3 aromatic heterocycles. The third kappa shape index (κ3) is 21.0. The Morgan fingerprint density at radius 2 is 1.43 bits per heavy atom. The summed E-state index contributed by atoms with van der Waals surface area (Å²) in [7, 11) is -16.4. The Hall–Kier alpha value is -3.16. The van der Waals surface area contributed by atoms with Gasteiger partial charge in [-0.15, -0.1) is 0 Å². The molecule has 1 aliphatic rings. The lowest BCUT2D eigenvalue weighted by Gasteiger charge is -2.30. The lowest BCUT2D eigenvalue weighted by molar-refractivity contribution is -0.137. The fourth-order valence-corrected chi connectivity index (χ4v) is 11.6. The number of aliphatic hydroxyl groups excluding tert-OH is 2. The molecule has 0 aliphatic carbocycles. The molecule has 1 saturated heterocycles. The number of imidazole rings is 1. The van der Waals surface area contributed by atoms with Crippen molar-refractivity contribution >= 4 is 69.1 Å². The first-order valence-electron chi connectivity index (χ1n) is 25.0. The molecular formula is C45H76N7O18P3S. The number of nitrogens with two attached hydrogens (primary N) is 1. The number of hydrogen-bond donors (Lipinski definition) is 9. The molecular weight excluding hydrogens is 1050 g/mol. The van der Waals surface area contributed by atoms with E-state index in [1.807, 2.05) is 0 Å². The lowest BCUT2D eigenvalue weighted by atomic mass is 9.87. The molecule has 2 amide bonds. The van der Waals surface area contributed by atoms with Crippen LogP contribution in [0.15, 0.2) is 17.1 Å². The fraction of sp³-hybridized carbons (Fsp3) is 0.733. The number of aryl methyl sites for hydroxylation is 2. The van der Waals surface area contributed by atoms with E-state index in [-0.39, 0.29) is 41.6 Å². The predicted molar refractivity (Wildman–Crippen MR) is 273 cm³/mol. The first kappa shape index (κ1) is 63.4. The largest absolute Gasteiger partial charge is 0.481 e. The molecule has 25 nitrogen and oxygen atoms in total. The van der Waals surface area contributed by atoms with Crippen molar-refractivity contribution in [3.8, 4) is 0 Å². The Kier molecular flexibility index (Phi) is 25.8. The number of ether oxygens (including phenoxy) is 1. The smallest absolute Gasteiger partial charge is 0.466 e. The Labute approximate surface area is 435 Å². The highest BCUT2D eigenvalue weighted by Gasteiger charge is 2.50. The van der Waals surface area contributed by atoms with Crippen LogP contribution < -0.4 is 16.4 Å². The van der Waals surface area contributed by atoms with Gasteiger partial charge >= 0.3 is 23.5 Å². The third-order valence-electron chi connectivity index (χ3n) is 12.5. The van der Waals surface area contributed by atoms with E-state index < -0.39 is 84.6 Å². The molecule has 420 valence electrons. The summed E-state index contributed by atoms with van der Waals surface area (Å²) in [4.78, 5) is 88.7. The zero-order valence-electron chi connectivity index (χ0n) is 42.8. The van der Waals surface area contributed by atoms with E-state index in [9.17, 15) is 57.9 Å². The van der Waals surface area contributed by atoms with Gasteiger partial charge in [0, 0.05) is 49.9 Å². The van der Waals surface area contributed by atoms with Crippen LogP contribution in [0.2, 0.25) is 0 Å². The Morgan fingerprint density at radius 1 is 0.838 bits per heavy atom. The van der Waals surface area contributed by atoms with Gasteiger partial charge in [-0.2, -0.15) is 4.31 Å². The lowest BCUT2D eigenvalue weighted by Crippen LogP contribution is -2.46. The van der Waals surface area contributed by atoms with Crippen molar-refractivity contribution in [3.63, 3.8) is 0 Å². The van der Waals surface area contributed by atoms with Crippen LogP contribution in [-0.2, 0) is 63.5 Å². The van der Waals surface area contributed by atoms with Crippen molar-refractivity contribution in [3.05, 3.63) is 35.3 Å². The topological polar surface area (TPSA) is 377 Å². The minimum absolute atomic E-state index is 0.0323. The molecule has 10 N–H and O–H groups in total. The zero-order chi connectivity index (χ0) is 54.7. The van der Waals surface area contributed by atoms with Crippen LogP contribution in [-0.4, -0.2) is 123 Å². The zero-order valence-corrected chi connectivity index (χ0v) is 46.3. The van der Waals surface area contributed by atoms with E-state index >= 15 is 0 Å². The van der Waals surface area contributed by atoms with E-state index in [0.29, 0.717) is 12.2 Å². The SMILES string of the molecule is CCCCCc1oc(CCCCCCCCCCCCC(=O)SCCNC(=O)CCNC(=O)C(O)C(C)(C)COP(=O)(O)OP(=O)(O)OCC2OC(n3cnc4c(N)ncnc43)C(O)C2OP(=O)(O)O)c(C)c1C. The number of anilines is 1. The standard InChI is InChI=1S/C45H76N7O18P3S/c1-6-7-16-19-32-30(2)31(3)33(67-32)20-17-14-12-10-8-9-11-13-15-18-21-36(54)74-25-24-47-35(53)22-23-48-43(57)40(56)45(4,5)27-66-73(63,64)70-72(61,62)65-26-34-39(69-71(58,59)60)38(55)44(68-34)52-29-51-37-41(46)49-28-50-42(37)52/h28-29,34,38-40,44,55-56H,6-27H2,1-5H3,(H,47,53)(H,48,57)(H,61,62)(H,63,64)(H2,46,49,50)(H2,58,59,60). The minimum Gasteiger partial charge on any atom is -0.466 e. The van der Waals surface area contributed by atoms with Gasteiger partial charge in [-0.05, 0) is 44.2 Å². The van der Waals surface area contributed by atoms with Gasteiger partial charge in [0.1, 0.15) is 47.8 Å². The molecule has 4 rings (SSSR count). The van der Waals surface area contributed by atoms with E-state index in [1.165, 1.54) is 82.1 Å². The van der Waals surface area contributed by atoms with Gasteiger partial charge in [-0.25, -0.2) is 28.6 Å². The summed E-state index contributed by atoms with van der Waals surface area (Å²) in [6.07, 6.45) is 10.6. The first-order valence-corrected chi connectivity index (χ1v) is 30.5. The number of unbranched alkanes of at least 4 members (excludes halogenated alkanes) is 11. The normalized spacial score (nSPS) is 19.3. The van der Waals surface area contributed by atoms with Gasteiger partial charge in [-0.3, -0.25) is 32.5 Å². The second kappa shape index (κ2) is 30.1. The van der Waals surface area contributed by atoms with Gasteiger partial charge in [0.2, 0.25) is 11.8 Å². The summed E-state index contributed by atoms with van der Waals surface area (Å²) in [6, 6.07) is 0. The molecule has 0 aromatic carbocycles. The maximum absolute atomic E-state index is 12.8. The monoisotopic (exact) mass is 1130 g/mol. The van der Waals surface area contributed by atoms with Crippen LogP contribution in [0.5, 0.6) is 0 Å². The van der Waals surface area contributed by atoms with Crippen molar-refractivity contribution in [1.29, 1.82) is 0 Å². The number of carbonyl (C=O) groups is 3. The van der Waals surface area contributed by atoms with Crippen molar-refractivity contribution in [2.24, 2.45) is 5.41 Å². The maximum atomic E-state index is 12.8. The van der Waals surface area contributed by atoms with Gasteiger partial charge in [0.15, 0.2) is 22.8 Å². The van der Waals surface area contributed by atoms with Gasteiger partial charge in [-0.1, -0.05) is 96.7 Å². The van der Waals surface area contributed by atoms with Gasteiger partial charge in [0.05, 0.1) is 19.5 Å². The number of nitrogens with one attached hydrogen (secondary N) is 2. The first-order chi connectivity index (χ1) is 34.8. The number of hydrogen-bond acceptors (Lipinski definition) is 19. The number of aliphatic hydroxyl groups is 2. The molecule has 74 heavy (non-hydrogen) atoms. The number of carbonyl (C=O) groups excluding carboxylic acids is 3.